The number of hydrogen-bond donors (Lipinski definition) is 1. The Kier molecular flexibility index (Phi) is 5.16. The van der Waals surface area contributed by atoms with Crippen molar-refractivity contribution in [1.82, 2.24) is 20.5 Å². The van der Waals surface area contributed by atoms with Crippen LogP contribution in [0.3, 0.4) is 0 Å². The van der Waals surface area contributed by atoms with Crippen molar-refractivity contribution in [2.24, 2.45) is 0 Å². The van der Waals surface area contributed by atoms with Gasteiger partial charge in [-0.25, -0.2) is 4.98 Å². The van der Waals surface area contributed by atoms with Crippen molar-refractivity contribution in [2.45, 2.75) is 49.8 Å². The van der Waals surface area contributed by atoms with E-state index < -0.39 is 5.54 Å². The maximum absolute atomic E-state index is 12.1. The van der Waals surface area contributed by atoms with Crippen LogP contribution >= 0.6 is 23.1 Å². The van der Waals surface area contributed by atoms with Gasteiger partial charge < -0.3 is 9.73 Å². The van der Waals surface area contributed by atoms with Crippen LogP contribution in [-0.4, -0.2) is 32.4 Å². The molecule has 0 radical (unpaired) electrons. The summed E-state index contributed by atoms with van der Waals surface area (Å²) in [6.45, 7) is 1.94. The maximum Gasteiger partial charge on any atom is 0.277 e. The van der Waals surface area contributed by atoms with Crippen LogP contribution < -0.4 is 5.32 Å². The predicted molar refractivity (Wildman–Crippen MR) is 89.6 cm³/mol. The molecule has 0 aliphatic heterocycles. The highest BCUT2D eigenvalue weighted by Crippen LogP contribution is 2.29. The monoisotopic (exact) mass is 363 g/mol. The Morgan fingerprint density at radius 2 is 2.29 bits per heavy atom. The summed E-state index contributed by atoms with van der Waals surface area (Å²) in [7, 11) is 0. The predicted octanol–water partition coefficient (Wildman–Crippen LogP) is 2.47. The van der Waals surface area contributed by atoms with Gasteiger partial charge in [-0.1, -0.05) is 11.8 Å². The summed E-state index contributed by atoms with van der Waals surface area (Å²) in [4.78, 5) is 16.4. The van der Waals surface area contributed by atoms with Crippen molar-refractivity contribution in [3.8, 4) is 6.07 Å². The van der Waals surface area contributed by atoms with Gasteiger partial charge in [-0.05, 0) is 32.6 Å². The van der Waals surface area contributed by atoms with Gasteiger partial charge in [-0.2, -0.15) is 5.26 Å². The number of carbonyl (C=O) groups is 1. The Bertz CT molecular complexity index is 758. The number of amides is 1. The largest absolute Gasteiger partial charge is 0.416 e. The summed E-state index contributed by atoms with van der Waals surface area (Å²) in [6.07, 6.45) is 3.88. The highest BCUT2D eigenvalue weighted by atomic mass is 32.2. The summed E-state index contributed by atoms with van der Waals surface area (Å²) in [5.41, 5.74) is 0.202. The van der Waals surface area contributed by atoms with Crippen molar-refractivity contribution in [1.29, 1.82) is 5.26 Å². The molecule has 126 valence electrons. The quantitative estimate of drug-likeness (QED) is 0.786. The van der Waals surface area contributed by atoms with Crippen molar-refractivity contribution in [3.05, 3.63) is 22.0 Å². The number of carbonyl (C=O) groups excluding carboxylic acids is 1. The Hall–Kier alpha value is -1.92. The number of thioether (sulfide) groups is 1. The fourth-order valence-electron chi connectivity index (χ4n) is 2.69. The molecule has 0 saturated heterocycles. The molecule has 3 rings (SSSR count). The van der Waals surface area contributed by atoms with E-state index in [1.165, 1.54) is 11.8 Å². The second-order valence-electron chi connectivity index (χ2n) is 5.73. The average Bonchev–Trinajstić information content (AvgIpc) is 3.28. The molecular weight excluding hydrogens is 346 g/mol. The van der Waals surface area contributed by atoms with Gasteiger partial charge >= 0.3 is 0 Å². The zero-order valence-corrected chi connectivity index (χ0v) is 14.9. The van der Waals surface area contributed by atoms with E-state index in [1.807, 2.05) is 12.3 Å². The Morgan fingerprint density at radius 1 is 1.50 bits per heavy atom. The number of rotatable bonds is 6. The first kappa shape index (κ1) is 16.9. The molecule has 0 bridgehead atoms. The number of nitrogens with zero attached hydrogens (tertiary/aromatic N) is 4. The molecule has 0 aromatic carbocycles. The third-order valence-electron chi connectivity index (χ3n) is 3.82. The second-order valence-corrected chi connectivity index (χ2v) is 7.72. The lowest BCUT2D eigenvalue weighted by atomic mass is 10.0. The van der Waals surface area contributed by atoms with E-state index in [0.29, 0.717) is 17.5 Å². The first-order chi connectivity index (χ1) is 11.6. The zero-order chi connectivity index (χ0) is 17.0. The van der Waals surface area contributed by atoms with Gasteiger partial charge in [0.15, 0.2) is 0 Å². The lowest BCUT2D eigenvalue weighted by molar-refractivity contribution is -0.119. The van der Waals surface area contributed by atoms with Gasteiger partial charge in [-0.3, -0.25) is 4.79 Å². The lowest BCUT2D eigenvalue weighted by Gasteiger charge is -2.21. The van der Waals surface area contributed by atoms with Gasteiger partial charge in [0.25, 0.3) is 5.22 Å². The van der Waals surface area contributed by atoms with Crippen LogP contribution in [0.1, 0.15) is 42.3 Å². The number of nitriles is 1. The average molecular weight is 363 g/mol. The Labute approximate surface area is 147 Å². The molecular formula is C15H17N5O2S2. The van der Waals surface area contributed by atoms with E-state index >= 15 is 0 Å². The van der Waals surface area contributed by atoms with Gasteiger partial charge in [0.1, 0.15) is 5.54 Å². The fourth-order valence-corrected chi connectivity index (χ4v) is 3.88. The molecule has 0 unspecified atom stereocenters. The maximum atomic E-state index is 12.1. The third kappa shape index (κ3) is 4.13. The number of aryl methyl sites for hydroxylation is 1. The van der Waals surface area contributed by atoms with E-state index in [9.17, 15) is 10.1 Å². The van der Waals surface area contributed by atoms with Crippen LogP contribution in [0.25, 0.3) is 0 Å². The van der Waals surface area contributed by atoms with Crippen molar-refractivity contribution in [2.75, 3.05) is 5.75 Å². The highest BCUT2D eigenvalue weighted by molar-refractivity contribution is 7.99. The summed E-state index contributed by atoms with van der Waals surface area (Å²) in [5.74, 6) is 0.451. The fraction of sp³-hybridized carbons (Fsp3) is 0.533. The summed E-state index contributed by atoms with van der Waals surface area (Å²) in [5, 5.41) is 23.3. The molecule has 2 heterocycles. The van der Waals surface area contributed by atoms with Crippen molar-refractivity contribution >= 4 is 29.0 Å². The van der Waals surface area contributed by atoms with Crippen LogP contribution in [0.15, 0.2) is 15.0 Å². The molecule has 24 heavy (non-hydrogen) atoms. The van der Waals surface area contributed by atoms with Gasteiger partial charge in [-0.15, -0.1) is 21.5 Å². The molecule has 1 N–H and O–H groups in total. The molecule has 1 aliphatic rings. The molecule has 1 fully saturated rings. The second kappa shape index (κ2) is 7.32. The smallest absolute Gasteiger partial charge is 0.277 e. The van der Waals surface area contributed by atoms with Gasteiger partial charge in [0.2, 0.25) is 11.8 Å². The third-order valence-corrected chi connectivity index (χ3v) is 5.46. The molecule has 0 spiro atoms. The lowest BCUT2D eigenvalue weighted by Crippen LogP contribution is -2.45. The van der Waals surface area contributed by atoms with Crippen molar-refractivity contribution < 1.29 is 9.21 Å². The van der Waals surface area contributed by atoms with Crippen molar-refractivity contribution in [3.63, 3.8) is 0 Å². The SMILES string of the molecule is Cc1nc(Cc2nnc(SCC(=O)NC3(C#N)CCCC3)o2)cs1. The topological polar surface area (TPSA) is 105 Å². The number of aromatic nitrogens is 3. The number of thiazole rings is 1. The van der Waals surface area contributed by atoms with Crippen LogP contribution in [0, 0.1) is 18.3 Å². The zero-order valence-electron chi connectivity index (χ0n) is 13.2. The number of nitrogens with one attached hydrogen (secondary N) is 1. The van der Waals surface area contributed by atoms with E-state index in [-0.39, 0.29) is 11.7 Å². The minimum atomic E-state index is -0.694. The molecule has 1 saturated carbocycles. The van der Waals surface area contributed by atoms with E-state index in [0.717, 1.165) is 36.4 Å². The molecule has 0 atom stereocenters. The molecule has 2 aromatic rings. The Morgan fingerprint density at radius 3 is 2.96 bits per heavy atom. The van der Waals surface area contributed by atoms with Gasteiger partial charge in [0.05, 0.1) is 28.9 Å². The van der Waals surface area contributed by atoms with Crippen LogP contribution in [0.4, 0.5) is 0 Å². The summed E-state index contributed by atoms with van der Waals surface area (Å²) in [6, 6.07) is 2.24. The molecule has 7 nitrogen and oxygen atoms in total. The summed E-state index contributed by atoms with van der Waals surface area (Å²) >= 11 is 2.75. The van der Waals surface area contributed by atoms with E-state index in [2.05, 4.69) is 26.6 Å². The normalized spacial score (nSPS) is 16.0. The van der Waals surface area contributed by atoms with Crippen LogP contribution in [0.2, 0.25) is 0 Å². The number of hydrogen-bond acceptors (Lipinski definition) is 8. The standard InChI is InChI=1S/C15H17N5O2S2/c1-10-17-11(7-23-10)6-13-19-20-14(22-13)24-8-12(21)18-15(9-16)4-2-3-5-15/h7H,2-6,8H2,1H3,(H,18,21). The van der Waals surface area contributed by atoms with Crippen LogP contribution in [0.5, 0.6) is 0 Å². The van der Waals surface area contributed by atoms with Crippen LogP contribution in [-0.2, 0) is 11.2 Å². The first-order valence-corrected chi connectivity index (χ1v) is 9.53. The molecule has 1 aliphatic carbocycles. The van der Waals surface area contributed by atoms with E-state index in [1.54, 1.807) is 11.3 Å². The minimum absolute atomic E-state index is 0.154. The highest BCUT2D eigenvalue weighted by Gasteiger charge is 2.35. The Balaban J connectivity index is 1.50. The minimum Gasteiger partial charge on any atom is -0.416 e. The van der Waals surface area contributed by atoms with E-state index in [4.69, 9.17) is 4.42 Å². The summed E-state index contributed by atoms with van der Waals surface area (Å²) < 4.78 is 5.53. The first-order valence-electron chi connectivity index (χ1n) is 7.67. The van der Waals surface area contributed by atoms with Gasteiger partial charge in [0, 0.05) is 5.38 Å². The molecule has 1 amide bonds. The molecule has 2 aromatic heterocycles. The molecule has 9 heteroatoms.